The summed E-state index contributed by atoms with van der Waals surface area (Å²) in [7, 11) is 0. The van der Waals surface area contributed by atoms with Gasteiger partial charge < -0.3 is 10.5 Å². The van der Waals surface area contributed by atoms with Crippen molar-refractivity contribution < 1.29 is 9.53 Å². The Morgan fingerprint density at radius 3 is 2.75 bits per heavy atom. The summed E-state index contributed by atoms with van der Waals surface area (Å²) >= 11 is 0. The van der Waals surface area contributed by atoms with E-state index in [1.54, 1.807) is 12.1 Å². The zero-order valence-electron chi connectivity index (χ0n) is 11.9. The van der Waals surface area contributed by atoms with Gasteiger partial charge in [0, 0.05) is 11.5 Å². The van der Waals surface area contributed by atoms with E-state index in [0.717, 1.165) is 24.5 Å². The average Bonchev–Trinajstić information content (AvgIpc) is 2.48. The van der Waals surface area contributed by atoms with Crippen LogP contribution in [0.4, 0.5) is 5.69 Å². The number of aldehydes is 1. The molecule has 0 unspecified atom stereocenters. The Bertz CT molecular complexity index is 607. The van der Waals surface area contributed by atoms with E-state index in [2.05, 4.69) is 18.8 Å². The largest absolute Gasteiger partial charge is 0.493 e. The van der Waals surface area contributed by atoms with Crippen molar-refractivity contribution in [3.8, 4) is 5.75 Å². The fourth-order valence-corrected chi connectivity index (χ4v) is 2.17. The van der Waals surface area contributed by atoms with Crippen molar-refractivity contribution in [2.24, 2.45) is 5.92 Å². The molecule has 0 saturated carbocycles. The number of pyridine rings is 1. The Morgan fingerprint density at radius 1 is 1.35 bits per heavy atom. The van der Waals surface area contributed by atoms with Crippen molar-refractivity contribution in [1.82, 2.24) is 4.98 Å². The maximum absolute atomic E-state index is 11.0. The quantitative estimate of drug-likeness (QED) is 0.646. The molecule has 1 aromatic carbocycles. The molecule has 0 atom stereocenters. The first-order chi connectivity index (χ1) is 9.69. The third kappa shape index (κ3) is 2.90. The first-order valence-corrected chi connectivity index (χ1v) is 6.96. The van der Waals surface area contributed by atoms with Crippen molar-refractivity contribution in [2.75, 3.05) is 12.3 Å². The molecule has 0 spiro atoms. The van der Waals surface area contributed by atoms with Crippen LogP contribution >= 0.6 is 0 Å². The van der Waals surface area contributed by atoms with Crippen molar-refractivity contribution in [3.63, 3.8) is 0 Å². The molecule has 0 amide bonds. The van der Waals surface area contributed by atoms with Gasteiger partial charge >= 0.3 is 0 Å². The zero-order valence-corrected chi connectivity index (χ0v) is 11.9. The first-order valence-electron chi connectivity index (χ1n) is 6.96. The molecule has 0 aliphatic carbocycles. The van der Waals surface area contributed by atoms with E-state index >= 15 is 0 Å². The fraction of sp³-hybridized carbons (Fsp3) is 0.375. The average molecular weight is 272 g/mol. The van der Waals surface area contributed by atoms with Gasteiger partial charge in [-0.2, -0.15) is 0 Å². The topological polar surface area (TPSA) is 65.2 Å². The van der Waals surface area contributed by atoms with Crippen LogP contribution in [0.3, 0.4) is 0 Å². The van der Waals surface area contributed by atoms with Crippen LogP contribution in [0.15, 0.2) is 24.3 Å². The first kappa shape index (κ1) is 14.3. The highest BCUT2D eigenvalue weighted by Gasteiger charge is 2.11. The predicted molar refractivity (Wildman–Crippen MR) is 81.1 cm³/mol. The van der Waals surface area contributed by atoms with Gasteiger partial charge in [0.2, 0.25) is 0 Å². The van der Waals surface area contributed by atoms with E-state index in [1.807, 2.05) is 12.1 Å². The van der Waals surface area contributed by atoms with Gasteiger partial charge in [0.05, 0.1) is 17.8 Å². The van der Waals surface area contributed by atoms with Crippen molar-refractivity contribution in [1.29, 1.82) is 0 Å². The van der Waals surface area contributed by atoms with Crippen molar-refractivity contribution in [3.05, 3.63) is 30.0 Å². The van der Waals surface area contributed by atoms with E-state index in [9.17, 15) is 4.79 Å². The van der Waals surface area contributed by atoms with Gasteiger partial charge in [-0.25, -0.2) is 4.98 Å². The van der Waals surface area contributed by atoms with Gasteiger partial charge in [-0.1, -0.05) is 32.8 Å². The number of rotatable bonds is 6. The van der Waals surface area contributed by atoms with E-state index < -0.39 is 0 Å². The molecule has 0 aliphatic heterocycles. The molecule has 0 saturated heterocycles. The molecule has 1 aromatic heterocycles. The van der Waals surface area contributed by atoms with Crippen LogP contribution in [0.2, 0.25) is 0 Å². The fourth-order valence-electron chi connectivity index (χ4n) is 2.17. The number of nitrogen functional groups attached to an aromatic ring is 1. The highest BCUT2D eigenvalue weighted by molar-refractivity contribution is 5.95. The number of carbonyl (C=O) groups excluding carboxylic acids is 1. The van der Waals surface area contributed by atoms with E-state index in [0.29, 0.717) is 35.2 Å². The van der Waals surface area contributed by atoms with E-state index in [4.69, 9.17) is 10.5 Å². The second-order valence-electron chi connectivity index (χ2n) is 4.90. The molecule has 4 nitrogen and oxygen atoms in total. The minimum atomic E-state index is 0.343. The molecule has 0 aliphatic rings. The minimum absolute atomic E-state index is 0.343. The number of hydrogen-bond acceptors (Lipinski definition) is 4. The summed E-state index contributed by atoms with van der Waals surface area (Å²) in [4.78, 5) is 15.3. The molecular weight excluding hydrogens is 252 g/mol. The monoisotopic (exact) mass is 272 g/mol. The third-order valence-electron chi connectivity index (χ3n) is 3.60. The van der Waals surface area contributed by atoms with Crippen LogP contribution in [-0.2, 0) is 0 Å². The molecule has 1 heterocycles. The van der Waals surface area contributed by atoms with Gasteiger partial charge in [-0.05, 0) is 18.1 Å². The summed E-state index contributed by atoms with van der Waals surface area (Å²) in [6.07, 6.45) is 2.86. The van der Waals surface area contributed by atoms with Crippen LogP contribution in [0.25, 0.3) is 10.9 Å². The second kappa shape index (κ2) is 6.37. The SMILES string of the molecule is CCC(CC)COc1cc(C=O)nc2c(N)cccc12. The maximum atomic E-state index is 11.0. The molecular formula is C16H20N2O2. The molecule has 2 aromatic rings. The third-order valence-corrected chi connectivity index (χ3v) is 3.60. The summed E-state index contributed by atoms with van der Waals surface area (Å²) < 4.78 is 5.91. The zero-order chi connectivity index (χ0) is 14.5. The van der Waals surface area contributed by atoms with Crippen LogP contribution in [0.5, 0.6) is 5.75 Å². The van der Waals surface area contributed by atoms with Gasteiger partial charge in [-0.3, -0.25) is 4.79 Å². The maximum Gasteiger partial charge on any atom is 0.168 e. The lowest BCUT2D eigenvalue weighted by Gasteiger charge is -2.15. The minimum Gasteiger partial charge on any atom is -0.493 e. The molecule has 4 heteroatoms. The summed E-state index contributed by atoms with van der Waals surface area (Å²) in [5.74, 6) is 1.19. The molecule has 20 heavy (non-hydrogen) atoms. The molecule has 0 radical (unpaired) electrons. The Morgan fingerprint density at radius 2 is 2.10 bits per heavy atom. The van der Waals surface area contributed by atoms with Gasteiger partial charge in [0.1, 0.15) is 11.4 Å². The van der Waals surface area contributed by atoms with Crippen LogP contribution < -0.4 is 10.5 Å². The van der Waals surface area contributed by atoms with Crippen molar-refractivity contribution >= 4 is 22.9 Å². The number of nitrogens with zero attached hydrogens (tertiary/aromatic N) is 1. The lowest BCUT2D eigenvalue weighted by atomic mass is 10.1. The number of aromatic nitrogens is 1. The number of ether oxygens (including phenoxy) is 1. The number of hydrogen-bond donors (Lipinski definition) is 1. The van der Waals surface area contributed by atoms with Crippen LogP contribution in [-0.4, -0.2) is 17.9 Å². The Labute approximate surface area is 119 Å². The van der Waals surface area contributed by atoms with Gasteiger partial charge in [-0.15, -0.1) is 0 Å². The number of nitrogens with two attached hydrogens (primary N) is 1. The summed E-state index contributed by atoms with van der Waals surface area (Å²) in [6, 6.07) is 7.23. The van der Waals surface area contributed by atoms with Crippen LogP contribution in [0, 0.1) is 5.92 Å². The standard InChI is InChI=1S/C16H20N2O2/c1-3-11(4-2)10-20-15-8-12(9-19)18-16-13(15)6-5-7-14(16)17/h5-9,11H,3-4,10,17H2,1-2H3. The number of carbonyl (C=O) groups is 1. The van der Waals surface area contributed by atoms with E-state index in [1.165, 1.54) is 0 Å². The summed E-state index contributed by atoms with van der Waals surface area (Å²) in [5, 5.41) is 0.849. The number of benzene rings is 1. The molecule has 2 rings (SSSR count). The molecule has 0 fully saturated rings. The predicted octanol–water partition coefficient (Wildman–Crippen LogP) is 3.44. The smallest absolute Gasteiger partial charge is 0.168 e. The number of para-hydroxylation sites is 1. The molecule has 106 valence electrons. The second-order valence-corrected chi connectivity index (χ2v) is 4.90. The van der Waals surface area contributed by atoms with Crippen molar-refractivity contribution in [2.45, 2.75) is 26.7 Å². The summed E-state index contributed by atoms with van der Waals surface area (Å²) in [5.41, 5.74) is 7.44. The highest BCUT2D eigenvalue weighted by Crippen LogP contribution is 2.29. The number of fused-ring (bicyclic) bond motifs is 1. The number of anilines is 1. The Balaban J connectivity index is 2.40. The molecule has 0 bridgehead atoms. The Hall–Kier alpha value is -2.10. The highest BCUT2D eigenvalue weighted by atomic mass is 16.5. The Kier molecular flexibility index (Phi) is 4.56. The molecule has 2 N–H and O–H groups in total. The van der Waals surface area contributed by atoms with Crippen LogP contribution in [0.1, 0.15) is 37.2 Å². The lowest BCUT2D eigenvalue weighted by Crippen LogP contribution is -2.10. The lowest BCUT2D eigenvalue weighted by molar-refractivity contribution is 0.111. The van der Waals surface area contributed by atoms with Gasteiger partial charge in [0.15, 0.2) is 6.29 Å². The summed E-state index contributed by atoms with van der Waals surface area (Å²) in [6.45, 7) is 4.94. The van der Waals surface area contributed by atoms with Gasteiger partial charge in [0.25, 0.3) is 0 Å². The normalized spacial score (nSPS) is 10.9. The van der Waals surface area contributed by atoms with E-state index in [-0.39, 0.29) is 0 Å².